The third-order valence-electron chi connectivity index (χ3n) is 3.51. The highest BCUT2D eigenvalue weighted by Crippen LogP contribution is 2.16. The molecule has 3 aliphatic rings. The number of aromatic nitrogens is 1. The summed E-state index contributed by atoms with van der Waals surface area (Å²) >= 11 is 3.23. The van der Waals surface area contributed by atoms with E-state index in [-0.39, 0.29) is 0 Å². The number of fused-ring (bicyclic) bond motifs is 3. The zero-order chi connectivity index (χ0) is 11.7. The first-order valence-electron chi connectivity index (χ1n) is 5.94. The largest absolute Gasteiger partial charge is 0.387 e. The number of oxime groups is 1. The molecule has 0 aliphatic carbocycles. The third-order valence-corrected chi connectivity index (χ3v) is 3.89. The van der Waals surface area contributed by atoms with Crippen molar-refractivity contribution in [3.63, 3.8) is 0 Å². The Morgan fingerprint density at radius 3 is 2.94 bits per heavy atom. The Kier molecular flexibility index (Phi) is 3.15. The van der Waals surface area contributed by atoms with Crippen LogP contribution in [-0.2, 0) is 11.4 Å². The van der Waals surface area contributed by atoms with Gasteiger partial charge in [-0.2, -0.15) is 0 Å². The van der Waals surface area contributed by atoms with Crippen LogP contribution in [0.2, 0.25) is 0 Å². The van der Waals surface area contributed by atoms with Gasteiger partial charge in [0, 0.05) is 24.8 Å². The lowest BCUT2D eigenvalue weighted by Gasteiger charge is -2.36. The second kappa shape index (κ2) is 4.78. The normalized spacial score (nSPS) is 29.8. The predicted molar refractivity (Wildman–Crippen MR) is 64.7 cm³/mol. The van der Waals surface area contributed by atoms with Crippen molar-refractivity contribution in [3.8, 4) is 0 Å². The SMILES string of the molecule is Brc1cc(CO/N=C2\C[NH+]3CCC2CC3)on1. The standard InChI is InChI=1S/C11H14BrN3O2/c12-11-5-9(17-14-11)7-16-13-10-6-15-3-1-8(10)2-4-15/h5,8H,1-4,6-7H2/p+1/b13-10+. The minimum absolute atomic E-state index is 0.351. The van der Waals surface area contributed by atoms with E-state index in [9.17, 15) is 0 Å². The molecule has 92 valence electrons. The summed E-state index contributed by atoms with van der Waals surface area (Å²) < 4.78 is 5.71. The monoisotopic (exact) mass is 300 g/mol. The first-order valence-corrected chi connectivity index (χ1v) is 6.74. The van der Waals surface area contributed by atoms with E-state index in [1.165, 1.54) is 31.6 Å². The molecular formula is C11H15BrN3O2+. The van der Waals surface area contributed by atoms with Crippen molar-refractivity contribution in [2.75, 3.05) is 19.6 Å². The Bertz CT molecular complexity index is 424. The third kappa shape index (κ3) is 2.52. The van der Waals surface area contributed by atoms with Crippen LogP contribution < -0.4 is 4.90 Å². The van der Waals surface area contributed by atoms with Crippen LogP contribution in [0, 0.1) is 5.92 Å². The highest BCUT2D eigenvalue weighted by molar-refractivity contribution is 9.10. The van der Waals surface area contributed by atoms with Crippen LogP contribution in [-0.4, -0.2) is 30.5 Å². The van der Waals surface area contributed by atoms with Crippen LogP contribution in [0.3, 0.4) is 0 Å². The zero-order valence-electron chi connectivity index (χ0n) is 9.49. The van der Waals surface area contributed by atoms with E-state index in [0.29, 0.717) is 22.9 Å². The Labute approximate surface area is 108 Å². The number of hydrogen-bond donors (Lipinski definition) is 1. The lowest BCUT2D eigenvalue weighted by Crippen LogP contribution is -3.16. The van der Waals surface area contributed by atoms with E-state index in [1.54, 1.807) is 11.0 Å². The van der Waals surface area contributed by atoms with Gasteiger partial charge in [0.15, 0.2) is 12.4 Å². The molecule has 3 fully saturated rings. The molecular weight excluding hydrogens is 286 g/mol. The number of halogens is 1. The van der Waals surface area contributed by atoms with Gasteiger partial charge in [0.1, 0.15) is 16.9 Å². The molecule has 3 aliphatic heterocycles. The summed E-state index contributed by atoms with van der Waals surface area (Å²) in [5, 5.41) is 7.99. The molecule has 3 saturated heterocycles. The van der Waals surface area contributed by atoms with Gasteiger partial charge in [0.05, 0.1) is 13.1 Å². The van der Waals surface area contributed by atoms with Crippen LogP contribution in [0.4, 0.5) is 0 Å². The number of piperidine rings is 3. The summed E-state index contributed by atoms with van der Waals surface area (Å²) in [6, 6.07) is 1.79. The molecule has 4 rings (SSSR count). The number of nitrogens with zero attached hydrogens (tertiary/aromatic N) is 2. The highest BCUT2D eigenvalue weighted by Gasteiger charge is 2.34. The van der Waals surface area contributed by atoms with Crippen molar-refractivity contribution in [2.24, 2.45) is 11.1 Å². The Morgan fingerprint density at radius 1 is 1.53 bits per heavy atom. The van der Waals surface area contributed by atoms with Crippen molar-refractivity contribution < 1.29 is 14.3 Å². The number of nitrogens with one attached hydrogen (secondary N) is 1. The first-order chi connectivity index (χ1) is 8.31. The summed E-state index contributed by atoms with van der Waals surface area (Å²) in [7, 11) is 0. The van der Waals surface area contributed by atoms with Crippen LogP contribution in [0.5, 0.6) is 0 Å². The van der Waals surface area contributed by atoms with Crippen LogP contribution in [0.15, 0.2) is 20.3 Å². The van der Waals surface area contributed by atoms with Crippen molar-refractivity contribution in [1.29, 1.82) is 0 Å². The lowest BCUT2D eigenvalue weighted by molar-refractivity contribution is -0.902. The minimum Gasteiger partial charge on any atom is -0.387 e. The molecule has 0 aromatic carbocycles. The second-order valence-electron chi connectivity index (χ2n) is 4.67. The van der Waals surface area contributed by atoms with Gasteiger partial charge in [-0.25, -0.2) is 0 Å². The van der Waals surface area contributed by atoms with Crippen molar-refractivity contribution in [2.45, 2.75) is 19.4 Å². The number of rotatable bonds is 3. The van der Waals surface area contributed by atoms with Gasteiger partial charge in [0.2, 0.25) is 0 Å². The zero-order valence-corrected chi connectivity index (χ0v) is 11.1. The van der Waals surface area contributed by atoms with Gasteiger partial charge in [0.25, 0.3) is 0 Å². The van der Waals surface area contributed by atoms with Gasteiger partial charge in [-0.1, -0.05) is 10.3 Å². The number of quaternary nitrogens is 1. The Balaban J connectivity index is 1.56. The summed E-state index contributed by atoms with van der Waals surface area (Å²) in [4.78, 5) is 6.98. The van der Waals surface area contributed by atoms with E-state index in [1.807, 2.05) is 0 Å². The molecule has 0 unspecified atom stereocenters. The van der Waals surface area contributed by atoms with E-state index in [2.05, 4.69) is 26.2 Å². The van der Waals surface area contributed by atoms with Gasteiger partial charge >= 0.3 is 0 Å². The summed E-state index contributed by atoms with van der Waals surface area (Å²) in [6.07, 6.45) is 2.51. The van der Waals surface area contributed by atoms with Crippen molar-refractivity contribution in [1.82, 2.24) is 5.16 Å². The molecule has 1 aromatic heterocycles. The predicted octanol–water partition coefficient (Wildman–Crippen LogP) is 0.618. The molecule has 4 heterocycles. The van der Waals surface area contributed by atoms with E-state index < -0.39 is 0 Å². The molecule has 1 aromatic rings. The Hall–Kier alpha value is -0.880. The smallest absolute Gasteiger partial charge is 0.178 e. The number of hydrogen-bond acceptors (Lipinski definition) is 4. The maximum absolute atomic E-state index is 5.35. The maximum atomic E-state index is 5.35. The molecule has 0 radical (unpaired) electrons. The maximum Gasteiger partial charge on any atom is 0.178 e. The Morgan fingerprint density at radius 2 is 2.35 bits per heavy atom. The molecule has 2 bridgehead atoms. The first kappa shape index (κ1) is 11.2. The van der Waals surface area contributed by atoms with Crippen molar-refractivity contribution >= 4 is 21.6 Å². The van der Waals surface area contributed by atoms with E-state index in [0.717, 1.165) is 6.54 Å². The van der Waals surface area contributed by atoms with Gasteiger partial charge < -0.3 is 14.3 Å². The fourth-order valence-corrected chi connectivity index (χ4v) is 2.91. The highest BCUT2D eigenvalue weighted by atomic mass is 79.9. The fraction of sp³-hybridized carbons (Fsp3) is 0.636. The van der Waals surface area contributed by atoms with Crippen LogP contribution in [0.1, 0.15) is 18.6 Å². The van der Waals surface area contributed by atoms with Gasteiger partial charge in [-0.05, 0) is 15.9 Å². The van der Waals surface area contributed by atoms with E-state index in [4.69, 9.17) is 9.36 Å². The molecule has 5 nitrogen and oxygen atoms in total. The molecule has 0 atom stereocenters. The van der Waals surface area contributed by atoms with Crippen molar-refractivity contribution in [3.05, 3.63) is 16.4 Å². The summed E-state index contributed by atoms with van der Waals surface area (Å²) in [6.45, 7) is 3.98. The molecule has 1 N–H and O–H groups in total. The second-order valence-corrected chi connectivity index (χ2v) is 5.49. The summed E-state index contributed by atoms with van der Waals surface area (Å²) in [5.74, 6) is 1.34. The molecule has 6 heteroatoms. The molecule has 0 saturated carbocycles. The fourth-order valence-electron chi connectivity index (χ4n) is 2.58. The average molecular weight is 301 g/mol. The molecule has 0 amide bonds. The summed E-state index contributed by atoms with van der Waals surface area (Å²) in [5.41, 5.74) is 1.22. The van der Waals surface area contributed by atoms with Crippen LogP contribution >= 0.6 is 15.9 Å². The molecule has 17 heavy (non-hydrogen) atoms. The topological polar surface area (TPSA) is 52.1 Å². The molecule has 0 spiro atoms. The van der Waals surface area contributed by atoms with Gasteiger partial charge in [-0.15, -0.1) is 0 Å². The average Bonchev–Trinajstić information content (AvgIpc) is 2.77. The quantitative estimate of drug-likeness (QED) is 0.833. The van der Waals surface area contributed by atoms with E-state index >= 15 is 0 Å². The van der Waals surface area contributed by atoms with Crippen LogP contribution in [0.25, 0.3) is 0 Å². The van der Waals surface area contributed by atoms with Gasteiger partial charge in [-0.3, -0.25) is 0 Å². The minimum atomic E-state index is 0.351. The lowest BCUT2D eigenvalue weighted by atomic mass is 9.87.